The Bertz CT molecular complexity index is 425. The normalized spacial score (nSPS) is 26.8. The lowest BCUT2D eigenvalue weighted by atomic mass is 10.1. The van der Waals surface area contributed by atoms with Crippen molar-refractivity contribution in [2.75, 3.05) is 11.1 Å². The molecule has 92 valence electrons. The van der Waals surface area contributed by atoms with Gasteiger partial charge < -0.3 is 10.4 Å². The van der Waals surface area contributed by atoms with Gasteiger partial charge in [0.25, 0.3) is 5.91 Å². The van der Waals surface area contributed by atoms with Gasteiger partial charge in [0.05, 0.1) is 5.33 Å². The van der Waals surface area contributed by atoms with Gasteiger partial charge in [0, 0.05) is 5.75 Å². The van der Waals surface area contributed by atoms with Gasteiger partial charge in [0.2, 0.25) is 5.91 Å². The molecule has 1 saturated heterocycles. The molecule has 2 atom stereocenters. The fourth-order valence-corrected chi connectivity index (χ4v) is 3.11. The van der Waals surface area contributed by atoms with E-state index in [4.69, 9.17) is 5.11 Å². The minimum atomic E-state index is -1.12. The van der Waals surface area contributed by atoms with E-state index in [9.17, 15) is 14.4 Å². The fourth-order valence-electron chi connectivity index (χ4n) is 1.75. The lowest BCUT2D eigenvalue weighted by molar-refractivity contribution is -0.150. The van der Waals surface area contributed by atoms with Crippen molar-refractivity contribution >= 4 is 45.5 Å². The number of fused-ring (bicyclic) bond motifs is 1. The fraction of sp³-hybridized carbons (Fsp3) is 0.444. The Morgan fingerprint density at radius 1 is 1.65 bits per heavy atom. The summed E-state index contributed by atoms with van der Waals surface area (Å²) in [5.74, 6) is -1.24. The van der Waals surface area contributed by atoms with Crippen molar-refractivity contribution in [3.63, 3.8) is 0 Å². The number of thioether (sulfide) groups is 1. The number of aliphatic carboxylic acids is 1. The molecule has 0 aliphatic carbocycles. The van der Waals surface area contributed by atoms with Crippen molar-refractivity contribution in [2.45, 2.75) is 11.4 Å². The summed E-state index contributed by atoms with van der Waals surface area (Å²) in [6.07, 6.45) is 1.50. The van der Waals surface area contributed by atoms with Gasteiger partial charge in [-0.1, -0.05) is 15.9 Å². The molecule has 0 saturated carbocycles. The van der Waals surface area contributed by atoms with E-state index in [1.165, 1.54) is 22.7 Å². The number of alkyl halides is 1. The second-order valence-corrected chi connectivity index (χ2v) is 5.22. The number of nitrogens with zero attached hydrogens (tertiary/aromatic N) is 1. The number of carboxylic acids is 1. The van der Waals surface area contributed by atoms with Gasteiger partial charge in [-0.3, -0.25) is 14.5 Å². The second-order valence-electron chi connectivity index (χ2n) is 3.51. The van der Waals surface area contributed by atoms with Crippen LogP contribution in [0.4, 0.5) is 0 Å². The molecule has 2 rings (SSSR count). The van der Waals surface area contributed by atoms with E-state index in [1.54, 1.807) is 0 Å². The zero-order valence-corrected chi connectivity index (χ0v) is 11.0. The SMILES string of the molecule is O=C(CBr)N[C@@H]1C(=O)N2C(C(=O)O)=CCS[C@@H]12. The molecule has 1 fully saturated rings. The molecule has 6 nitrogen and oxygen atoms in total. The number of carboxylic acid groups (broad SMARTS) is 1. The van der Waals surface area contributed by atoms with E-state index >= 15 is 0 Å². The number of rotatable bonds is 3. The molecule has 2 aliphatic rings. The van der Waals surface area contributed by atoms with Crippen LogP contribution in [0.1, 0.15) is 0 Å². The molecule has 2 heterocycles. The van der Waals surface area contributed by atoms with Gasteiger partial charge in [0.15, 0.2) is 0 Å². The van der Waals surface area contributed by atoms with Crippen LogP contribution in [0.2, 0.25) is 0 Å². The van der Waals surface area contributed by atoms with Crippen LogP contribution in [0.25, 0.3) is 0 Å². The maximum absolute atomic E-state index is 11.7. The third-order valence-electron chi connectivity index (χ3n) is 2.50. The van der Waals surface area contributed by atoms with E-state index in [2.05, 4.69) is 21.2 Å². The highest BCUT2D eigenvalue weighted by atomic mass is 79.9. The van der Waals surface area contributed by atoms with Crippen LogP contribution >= 0.6 is 27.7 Å². The Morgan fingerprint density at radius 3 is 2.94 bits per heavy atom. The minimum Gasteiger partial charge on any atom is -0.477 e. The van der Waals surface area contributed by atoms with Crippen LogP contribution in [-0.2, 0) is 14.4 Å². The Labute approximate surface area is 110 Å². The summed E-state index contributed by atoms with van der Waals surface area (Å²) < 4.78 is 0. The van der Waals surface area contributed by atoms with E-state index < -0.39 is 12.0 Å². The predicted molar refractivity (Wildman–Crippen MR) is 64.5 cm³/mol. The van der Waals surface area contributed by atoms with E-state index in [0.29, 0.717) is 5.75 Å². The van der Waals surface area contributed by atoms with Crippen molar-refractivity contribution in [2.24, 2.45) is 0 Å². The Hall–Kier alpha value is -1.02. The molecule has 2 aliphatic heterocycles. The van der Waals surface area contributed by atoms with Gasteiger partial charge in [-0.05, 0) is 6.08 Å². The number of nitrogens with one attached hydrogen (secondary N) is 1. The molecule has 0 aromatic heterocycles. The standard InChI is InChI=1S/C9H9BrN2O4S/c10-3-5(13)11-6-7(14)12-4(9(15)16)1-2-17-8(6)12/h1,6,8H,2-3H2,(H,11,13)(H,15,16)/t6-,8+/m1/s1. The number of β-lactam (4-membered cyclic amide) rings is 1. The summed E-state index contributed by atoms with van der Waals surface area (Å²) in [6, 6.07) is -0.618. The molecule has 0 unspecified atom stereocenters. The number of halogens is 1. The maximum atomic E-state index is 11.7. The van der Waals surface area contributed by atoms with Gasteiger partial charge in [0.1, 0.15) is 17.1 Å². The highest BCUT2D eigenvalue weighted by Gasteiger charge is 2.52. The smallest absolute Gasteiger partial charge is 0.352 e. The number of hydrogen-bond acceptors (Lipinski definition) is 4. The molecule has 0 aromatic carbocycles. The van der Waals surface area contributed by atoms with Crippen LogP contribution in [0.5, 0.6) is 0 Å². The number of amides is 2. The Morgan fingerprint density at radius 2 is 2.35 bits per heavy atom. The van der Waals surface area contributed by atoms with Crippen molar-refractivity contribution < 1.29 is 19.5 Å². The van der Waals surface area contributed by atoms with Crippen LogP contribution in [0, 0.1) is 0 Å². The quantitative estimate of drug-likeness (QED) is 0.553. The molecule has 0 spiro atoms. The topological polar surface area (TPSA) is 86.7 Å². The van der Waals surface area contributed by atoms with Crippen molar-refractivity contribution in [1.29, 1.82) is 0 Å². The summed E-state index contributed by atoms with van der Waals surface area (Å²) in [5.41, 5.74) is 0.00286. The molecule has 2 amide bonds. The summed E-state index contributed by atoms with van der Waals surface area (Å²) in [4.78, 5) is 35.0. The summed E-state index contributed by atoms with van der Waals surface area (Å²) >= 11 is 4.42. The summed E-state index contributed by atoms with van der Waals surface area (Å²) in [5, 5.41) is 11.3. The Balaban J connectivity index is 2.11. The molecular formula is C9H9BrN2O4S. The largest absolute Gasteiger partial charge is 0.477 e. The highest BCUT2D eigenvalue weighted by molar-refractivity contribution is 9.09. The monoisotopic (exact) mass is 320 g/mol. The first-order valence-electron chi connectivity index (χ1n) is 4.79. The van der Waals surface area contributed by atoms with E-state index in [-0.39, 0.29) is 28.2 Å². The lowest BCUT2D eigenvalue weighted by Gasteiger charge is -2.48. The number of carbonyl (C=O) groups excluding carboxylic acids is 2. The highest BCUT2D eigenvalue weighted by Crippen LogP contribution is 2.37. The minimum absolute atomic E-state index is 0.00286. The zero-order chi connectivity index (χ0) is 12.6. The van der Waals surface area contributed by atoms with Crippen molar-refractivity contribution in [3.05, 3.63) is 11.8 Å². The van der Waals surface area contributed by atoms with Gasteiger partial charge >= 0.3 is 5.97 Å². The van der Waals surface area contributed by atoms with Crippen LogP contribution in [-0.4, -0.2) is 50.3 Å². The molecular weight excluding hydrogens is 312 g/mol. The predicted octanol–water partition coefficient (Wildman–Crippen LogP) is -0.250. The third-order valence-corrected chi connectivity index (χ3v) is 4.20. The zero-order valence-electron chi connectivity index (χ0n) is 8.55. The van der Waals surface area contributed by atoms with Gasteiger partial charge in [-0.15, -0.1) is 11.8 Å². The number of carbonyl (C=O) groups is 3. The van der Waals surface area contributed by atoms with E-state index in [1.807, 2.05) is 0 Å². The molecule has 0 bridgehead atoms. The maximum Gasteiger partial charge on any atom is 0.352 e. The lowest BCUT2D eigenvalue weighted by Crippen LogP contribution is -2.70. The first-order chi connectivity index (χ1) is 8.06. The third kappa shape index (κ3) is 2.06. The molecule has 0 aromatic rings. The van der Waals surface area contributed by atoms with Crippen molar-refractivity contribution in [3.8, 4) is 0 Å². The Kier molecular flexibility index (Phi) is 3.43. The van der Waals surface area contributed by atoms with Gasteiger partial charge in [-0.25, -0.2) is 4.79 Å². The average molecular weight is 321 g/mol. The summed E-state index contributed by atoms with van der Waals surface area (Å²) in [7, 11) is 0. The van der Waals surface area contributed by atoms with Gasteiger partial charge in [-0.2, -0.15) is 0 Å². The number of hydrogen-bond donors (Lipinski definition) is 2. The van der Waals surface area contributed by atoms with E-state index in [0.717, 1.165) is 0 Å². The first-order valence-corrected chi connectivity index (χ1v) is 6.96. The molecule has 17 heavy (non-hydrogen) atoms. The van der Waals surface area contributed by atoms with Crippen molar-refractivity contribution in [1.82, 2.24) is 10.2 Å². The second kappa shape index (κ2) is 4.69. The molecule has 8 heteroatoms. The first kappa shape index (κ1) is 12.4. The van der Waals surface area contributed by atoms with Crippen LogP contribution in [0.3, 0.4) is 0 Å². The average Bonchev–Trinajstić information content (AvgIpc) is 2.34. The molecule has 0 radical (unpaired) electrons. The van der Waals surface area contributed by atoms with Crippen LogP contribution in [0.15, 0.2) is 11.8 Å². The summed E-state index contributed by atoms with van der Waals surface area (Å²) in [6.45, 7) is 0. The molecule has 2 N–H and O–H groups in total. The van der Waals surface area contributed by atoms with Crippen LogP contribution < -0.4 is 5.32 Å².